The first-order chi connectivity index (χ1) is 7.22. The van der Waals surface area contributed by atoms with Crippen LogP contribution in [0.25, 0.3) is 0 Å². The average Bonchev–Trinajstić information content (AvgIpc) is 2.63. The number of hydrogen-bond acceptors (Lipinski definition) is 4. The first-order valence-corrected chi connectivity index (χ1v) is 5.12. The molecule has 2 heterocycles. The summed E-state index contributed by atoms with van der Waals surface area (Å²) in [4.78, 5) is 11.4. The highest BCUT2D eigenvalue weighted by molar-refractivity contribution is 5.87. The first kappa shape index (κ1) is 10.0. The number of ether oxygens (including phenoxy) is 2. The van der Waals surface area contributed by atoms with Crippen LogP contribution in [0, 0.1) is 0 Å². The van der Waals surface area contributed by atoms with Crippen LogP contribution in [0.1, 0.15) is 36.8 Å². The largest absolute Gasteiger partial charge is 0.478 e. The predicted octanol–water partition coefficient (Wildman–Crippen LogP) is 1.40. The van der Waals surface area contributed by atoms with E-state index in [1.54, 1.807) is 17.7 Å². The Labute approximate surface area is 88.0 Å². The summed E-state index contributed by atoms with van der Waals surface area (Å²) in [5.74, 6) is 0.256. The van der Waals surface area contributed by atoms with Crippen LogP contribution in [0.3, 0.4) is 0 Å². The van der Waals surface area contributed by atoms with Crippen molar-refractivity contribution in [3.8, 4) is 5.88 Å². The molecule has 1 aliphatic rings. The van der Waals surface area contributed by atoms with Gasteiger partial charge in [0, 0.05) is 12.5 Å². The summed E-state index contributed by atoms with van der Waals surface area (Å²) in [6.45, 7) is 4.85. The van der Waals surface area contributed by atoms with Gasteiger partial charge in [0.05, 0.1) is 19.3 Å². The van der Waals surface area contributed by atoms with Crippen molar-refractivity contribution in [2.24, 2.45) is 0 Å². The molecule has 0 N–H and O–H groups in total. The van der Waals surface area contributed by atoms with E-state index >= 15 is 0 Å². The van der Waals surface area contributed by atoms with Crippen molar-refractivity contribution in [2.75, 3.05) is 13.2 Å². The molecule has 0 spiro atoms. The SMILES string of the molecule is CCOC(=O)c1cc2n(n1)C(C)CCO2. The standard InChI is InChI=1S/C10H14N2O3/c1-3-14-10(13)8-6-9-12(11-8)7(2)4-5-15-9/h6-7H,3-5H2,1-2H3. The number of rotatable bonds is 2. The minimum atomic E-state index is -0.393. The highest BCUT2D eigenvalue weighted by Crippen LogP contribution is 2.25. The topological polar surface area (TPSA) is 53.4 Å². The van der Waals surface area contributed by atoms with Gasteiger partial charge in [-0.1, -0.05) is 0 Å². The molecular formula is C10H14N2O3. The summed E-state index contributed by atoms with van der Waals surface area (Å²) in [5.41, 5.74) is 0.320. The number of esters is 1. The maximum atomic E-state index is 11.4. The second kappa shape index (κ2) is 3.92. The van der Waals surface area contributed by atoms with Gasteiger partial charge in [-0.2, -0.15) is 5.10 Å². The van der Waals surface area contributed by atoms with Gasteiger partial charge in [-0.3, -0.25) is 0 Å². The molecule has 0 fully saturated rings. The van der Waals surface area contributed by atoms with Crippen molar-refractivity contribution in [3.63, 3.8) is 0 Å². The van der Waals surface area contributed by atoms with Crippen molar-refractivity contribution < 1.29 is 14.3 Å². The summed E-state index contributed by atoms with van der Waals surface area (Å²) < 4.78 is 12.0. The van der Waals surface area contributed by atoms with Crippen molar-refractivity contribution in [1.29, 1.82) is 0 Å². The highest BCUT2D eigenvalue weighted by atomic mass is 16.5. The van der Waals surface area contributed by atoms with E-state index in [0.717, 1.165) is 6.42 Å². The van der Waals surface area contributed by atoms with E-state index in [2.05, 4.69) is 5.10 Å². The number of carbonyl (C=O) groups excluding carboxylic acids is 1. The van der Waals surface area contributed by atoms with Crippen molar-refractivity contribution >= 4 is 5.97 Å². The Balaban J connectivity index is 2.25. The van der Waals surface area contributed by atoms with Crippen LogP contribution in [0.15, 0.2) is 6.07 Å². The van der Waals surface area contributed by atoms with Crippen molar-refractivity contribution in [1.82, 2.24) is 9.78 Å². The zero-order valence-corrected chi connectivity index (χ0v) is 8.90. The van der Waals surface area contributed by atoms with E-state index in [-0.39, 0.29) is 6.04 Å². The van der Waals surface area contributed by atoms with E-state index in [1.165, 1.54) is 0 Å². The molecule has 0 aliphatic carbocycles. The number of nitrogens with zero attached hydrogens (tertiary/aromatic N) is 2. The molecule has 0 aromatic carbocycles. The maximum Gasteiger partial charge on any atom is 0.358 e. The molecule has 1 aromatic rings. The zero-order chi connectivity index (χ0) is 10.8. The third-order valence-corrected chi connectivity index (χ3v) is 2.39. The fourth-order valence-corrected chi connectivity index (χ4v) is 1.56. The molecule has 1 aliphatic heterocycles. The van der Waals surface area contributed by atoms with Crippen LogP contribution in [0.2, 0.25) is 0 Å². The maximum absolute atomic E-state index is 11.4. The van der Waals surface area contributed by atoms with Crippen molar-refractivity contribution in [3.05, 3.63) is 11.8 Å². The molecule has 82 valence electrons. The number of fused-ring (bicyclic) bond motifs is 1. The lowest BCUT2D eigenvalue weighted by molar-refractivity contribution is 0.0518. The molecule has 0 radical (unpaired) electrons. The molecule has 5 heteroatoms. The summed E-state index contributed by atoms with van der Waals surface area (Å²) in [6.07, 6.45) is 0.914. The smallest absolute Gasteiger partial charge is 0.358 e. The Bertz CT molecular complexity index is 373. The molecule has 0 amide bonds. The molecule has 1 atom stereocenters. The van der Waals surface area contributed by atoms with Crippen LogP contribution in [0.5, 0.6) is 5.88 Å². The summed E-state index contributed by atoms with van der Waals surface area (Å²) in [6, 6.07) is 1.91. The quantitative estimate of drug-likeness (QED) is 0.692. The second-order valence-corrected chi connectivity index (χ2v) is 3.52. The minimum absolute atomic E-state index is 0.275. The molecule has 0 bridgehead atoms. The zero-order valence-electron chi connectivity index (χ0n) is 8.90. The van der Waals surface area contributed by atoms with E-state index in [4.69, 9.17) is 9.47 Å². The Kier molecular flexibility index (Phi) is 2.62. The molecule has 2 rings (SSSR count). The molecule has 0 saturated heterocycles. The number of carbonyl (C=O) groups is 1. The van der Waals surface area contributed by atoms with Gasteiger partial charge in [-0.25, -0.2) is 9.48 Å². The fourth-order valence-electron chi connectivity index (χ4n) is 1.56. The normalized spacial score (nSPS) is 19.2. The van der Waals surface area contributed by atoms with Gasteiger partial charge in [0.15, 0.2) is 5.69 Å². The van der Waals surface area contributed by atoms with Gasteiger partial charge in [0.1, 0.15) is 0 Å². The molecule has 0 saturated carbocycles. The van der Waals surface area contributed by atoms with Crippen molar-refractivity contribution in [2.45, 2.75) is 26.3 Å². The summed E-state index contributed by atoms with van der Waals surface area (Å²) in [5, 5.41) is 4.17. The highest BCUT2D eigenvalue weighted by Gasteiger charge is 2.22. The van der Waals surface area contributed by atoms with E-state index in [1.807, 2.05) is 6.92 Å². The third-order valence-electron chi connectivity index (χ3n) is 2.39. The van der Waals surface area contributed by atoms with Crippen LogP contribution < -0.4 is 4.74 Å². The lowest BCUT2D eigenvalue weighted by Gasteiger charge is -2.20. The van der Waals surface area contributed by atoms with Gasteiger partial charge in [0.25, 0.3) is 0 Å². The van der Waals surface area contributed by atoms with E-state index < -0.39 is 5.97 Å². The Morgan fingerprint density at radius 3 is 3.27 bits per heavy atom. The van der Waals surface area contributed by atoms with Gasteiger partial charge >= 0.3 is 5.97 Å². The Morgan fingerprint density at radius 2 is 2.60 bits per heavy atom. The lowest BCUT2D eigenvalue weighted by Crippen LogP contribution is -2.19. The monoisotopic (exact) mass is 210 g/mol. The number of aromatic nitrogens is 2. The molecule has 5 nitrogen and oxygen atoms in total. The van der Waals surface area contributed by atoms with Gasteiger partial charge < -0.3 is 9.47 Å². The van der Waals surface area contributed by atoms with E-state index in [0.29, 0.717) is 24.8 Å². The second-order valence-electron chi connectivity index (χ2n) is 3.52. The van der Waals surface area contributed by atoms with Gasteiger partial charge in [-0.05, 0) is 13.8 Å². The van der Waals surface area contributed by atoms with Gasteiger partial charge in [-0.15, -0.1) is 0 Å². The molecular weight excluding hydrogens is 196 g/mol. The lowest BCUT2D eigenvalue weighted by atomic mass is 10.2. The van der Waals surface area contributed by atoms with Gasteiger partial charge in [0.2, 0.25) is 5.88 Å². The minimum Gasteiger partial charge on any atom is -0.478 e. The number of hydrogen-bond donors (Lipinski definition) is 0. The Hall–Kier alpha value is -1.52. The molecule has 1 aromatic heterocycles. The summed E-state index contributed by atoms with van der Waals surface area (Å²) >= 11 is 0. The van der Waals surface area contributed by atoms with Crippen LogP contribution in [-0.4, -0.2) is 29.0 Å². The third kappa shape index (κ3) is 1.82. The van der Waals surface area contributed by atoms with E-state index in [9.17, 15) is 4.79 Å². The fraction of sp³-hybridized carbons (Fsp3) is 0.600. The van der Waals surface area contributed by atoms with Crippen LogP contribution in [0.4, 0.5) is 0 Å². The van der Waals surface area contributed by atoms with Crippen LogP contribution in [-0.2, 0) is 4.74 Å². The molecule has 1 unspecified atom stereocenters. The molecule has 15 heavy (non-hydrogen) atoms. The van der Waals surface area contributed by atoms with Crippen LogP contribution >= 0.6 is 0 Å². The average molecular weight is 210 g/mol. The first-order valence-electron chi connectivity index (χ1n) is 5.12. The predicted molar refractivity (Wildman–Crippen MR) is 53.0 cm³/mol. The summed E-state index contributed by atoms with van der Waals surface area (Å²) in [7, 11) is 0. The Morgan fingerprint density at radius 1 is 1.80 bits per heavy atom.